The molecule has 0 aromatic carbocycles. The normalized spacial score (nSPS) is 21.4. The number of nitrogens with two attached hydrogens (primary N) is 1. The van der Waals surface area contributed by atoms with Crippen LogP contribution in [0, 0.1) is 0 Å². The zero-order chi connectivity index (χ0) is 11.5. The molecule has 3 rings (SSSR count). The van der Waals surface area contributed by atoms with Crippen molar-refractivity contribution in [2.24, 2.45) is 0 Å². The van der Waals surface area contributed by atoms with Crippen LogP contribution in [-0.2, 0) is 5.41 Å². The van der Waals surface area contributed by atoms with Crippen molar-refractivity contribution >= 4 is 5.82 Å². The lowest BCUT2D eigenvalue weighted by molar-refractivity contribution is 0.504. The van der Waals surface area contributed by atoms with Crippen molar-refractivity contribution in [2.45, 2.75) is 63.8 Å². The minimum absolute atomic E-state index is 0.101. The van der Waals surface area contributed by atoms with E-state index in [-0.39, 0.29) is 5.41 Å². The van der Waals surface area contributed by atoms with Crippen LogP contribution in [0.2, 0.25) is 0 Å². The summed E-state index contributed by atoms with van der Waals surface area (Å²) in [6, 6.07) is 0.634. The summed E-state index contributed by atoms with van der Waals surface area (Å²) in [6.45, 7) is 6.68. The number of hydrogen-bond donors (Lipinski definition) is 1. The Bertz CT molecular complexity index is 417. The van der Waals surface area contributed by atoms with Gasteiger partial charge < -0.3 is 10.3 Å². The van der Waals surface area contributed by atoms with Crippen LogP contribution in [0.4, 0.5) is 5.82 Å². The highest BCUT2D eigenvalue weighted by molar-refractivity contribution is 5.44. The first-order valence-corrected chi connectivity index (χ1v) is 6.36. The Labute approximate surface area is 97.0 Å². The van der Waals surface area contributed by atoms with Gasteiger partial charge in [0.25, 0.3) is 0 Å². The monoisotopic (exact) mass is 219 g/mol. The van der Waals surface area contributed by atoms with Gasteiger partial charge in [-0.3, -0.25) is 0 Å². The van der Waals surface area contributed by atoms with Crippen molar-refractivity contribution in [3.63, 3.8) is 0 Å². The molecule has 3 nitrogen and oxygen atoms in total. The number of hydrogen-bond acceptors (Lipinski definition) is 2. The van der Waals surface area contributed by atoms with E-state index in [4.69, 9.17) is 10.7 Å². The van der Waals surface area contributed by atoms with Crippen LogP contribution < -0.4 is 5.73 Å². The van der Waals surface area contributed by atoms with Crippen molar-refractivity contribution in [3.8, 4) is 0 Å². The van der Waals surface area contributed by atoms with Crippen LogP contribution in [-0.4, -0.2) is 9.55 Å². The molecule has 0 unspecified atom stereocenters. The van der Waals surface area contributed by atoms with Crippen LogP contribution in [0.1, 0.15) is 69.9 Å². The molecule has 1 aromatic heterocycles. The summed E-state index contributed by atoms with van der Waals surface area (Å²) in [4.78, 5) is 4.84. The van der Waals surface area contributed by atoms with Gasteiger partial charge in [-0.05, 0) is 25.7 Å². The van der Waals surface area contributed by atoms with Gasteiger partial charge in [0, 0.05) is 17.4 Å². The van der Waals surface area contributed by atoms with Crippen molar-refractivity contribution in [1.82, 2.24) is 9.55 Å². The van der Waals surface area contributed by atoms with Crippen LogP contribution in [0.15, 0.2) is 0 Å². The number of rotatable bonds is 2. The Morgan fingerprint density at radius 2 is 1.81 bits per heavy atom. The third-order valence-electron chi connectivity index (χ3n) is 3.52. The summed E-state index contributed by atoms with van der Waals surface area (Å²) in [5, 5.41) is 0. The predicted molar refractivity (Wildman–Crippen MR) is 65.6 cm³/mol. The number of aromatic nitrogens is 2. The van der Waals surface area contributed by atoms with Crippen molar-refractivity contribution in [2.75, 3.05) is 5.73 Å². The van der Waals surface area contributed by atoms with Crippen molar-refractivity contribution < 1.29 is 0 Å². The van der Waals surface area contributed by atoms with Gasteiger partial charge in [0.1, 0.15) is 11.6 Å². The highest BCUT2D eigenvalue weighted by Crippen LogP contribution is 2.47. The second-order valence-electron chi connectivity index (χ2n) is 6.33. The molecule has 2 aliphatic carbocycles. The maximum Gasteiger partial charge on any atom is 0.127 e. The molecule has 0 spiro atoms. The van der Waals surface area contributed by atoms with Crippen LogP contribution in [0.5, 0.6) is 0 Å². The smallest absolute Gasteiger partial charge is 0.127 e. The fraction of sp³-hybridized carbons (Fsp3) is 0.769. The molecule has 0 saturated heterocycles. The molecule has 16 heavy (non-hydrogen) atoms. The Hall–Kier alpha value is -0.990. The van der Waals surface area contributed by atoms with Crippen molar-refractivity contribution in [1.29, 1.82) is 0 Å². The third-order valence-corrected chi connectivity index (χ3v) is 3.52. The van der Waals surface area contributed by atoms with Crippen LogP contribution in [0.3, 0.4) is 0 Å². The Balaban J connectivity index is 2.10. The summed E-state index contributed by atoms with van der Waals surface area (Å²) in [5.74, 6) is 2.80. The van der Waals surface area contributed by atoms with E-state index in [1.165, 1.54) is 37.2 Å². The van der Waals surface area contributed by atoms with E-state index in [2.05, 4.69) is 25.3 Å². The van der Waals surface area contributed by atoms with Crippen LogP contribution >= 0.6 is 0 Å². The van der Waals surface area contributed by atoms with Gasteiger partial charge in [0.2, 0.25) is 0 Å². The molecule has 2 aliphatic rings. The van der Waals surface area contributed by atoms with Gasteiger partial charge in [0.05, 0.1) is 5.69 Å². The van der Waals surface area contributed by atoms with Gasteiger partial charge in [-0.1, -0.05) is 20.8 Å². The lowest BCUT2D eigenvalue weighted by Crippen LogP contribution is -2.19. The maximum atomic E-state index is 6.28. The zero-order valence-corrected chi connectivity index (χ0v) is 10.5. The van der Waals surface area contributed by atoms with Crippen LogP contribution in [0.25, 0.3) is 0 Å². The van der Waals surface area contributed by atoms with E-state index in [1.54, 1.807) is 0 Å². The van der Waals surface area contributed by atoms with Gasteiger partial charge in [0.15, 0.2) is 0 Å². The topological polar surface area (TPSA) is 43.8 Å². The fourth-order valence-corrected chi connectivity index (χ4v) is 2.35. The average Bonchev–Trinajstić information content (AvgIpc) is 3.05. The highest BCUT2D eigenvalue weighted by atomic mass is 15.2. The van der Waals surface area contributed by atoms with Gasteiger partial charge >= 0.3 is 0 Å². The molecule has 3 heteroatoms. The second kappa shape index (κ2) is 3.02. The average molecular weight is 219 g/mol. The highest BCUT2D eigenvalue weighted by Gasteiger charge is 2.37. The Morgan fingerprint density at radius 1 is 1.19 bits per heavy atom. The minimum Gasteiger partial charge on any atom is -0.384 e. The fourth-order valence-electron chi connectivity index (χ4n) is 2.35. The first-order chi connectivity index (χ1) is 7.48. The SMILES string of the molecule is CC(C)(C)c1nc(C2CC2)c(N)n1C1CC1. The molecule has 2 saturated carbocycles. The number of imidazole rings is 1. The van der Waals surface area contributed by atoms with Crippen molar-refractivity contribution in [3.05, 3.63) is 11.5 Å². The molecule has 2 N–H and O–H groups in total. The lowest BCUT2D eigenvalue weighted by atomic mass is 9.95. The first kappa shape index (κ1) is 10.2. The molecule has 2 fully saturated rings. The largest absolute Gasteiger partial charge is 0.384 e. The Kier molecular flexibility index (Phi) is 1.92. The molecular weight excluding hydrogens is 198 g/mol. The van der Waals surface area contributed by atoms with E-state index in [0.29, 0.717) is 12.0 Å². The molecule has 88 valence electrons. The zero-order valence-electron chi connectivity index (χ0n) is 10.5. The Morgan fingerprint density at radius 3 is 2.25 bits per heavy atom. The molecule has 0 atom stereocenters. The quantitative estimate of drug-likeness (QED) is 0.831. The van der Waals surface area contributed by atoms with Gasteiger partial charge in [-0.15, -0.1) is 0 Å². The molecule has 0 radical (unpaired) electrons. The second-order valence-corrected chi connectivity index (χ2v) is 6.33. The summed E-state index contributed by atoms with van der Waals surface area (Å²) < 4.78 is 2.31. The minimum atomic E-state index is 0.101. The van der Waals surface area contributed by atoms with E-state index in [1.807, 2.05) is 0 Å². The molecule has 0 aliphatic heterocycles. The van der Waals surface area contributed by atoms with E-state index in [0.717, 1.165) is 5.82 Å². The first-order valence-electron chi connectivity index (χ1n) is 6.36. The number of nitrogen functional groups attached to an aromatic ring is 1. The van der Waals surface area contributed by atoms with E-state index in [9.17, 15) is 0 Å². The van der Waals surface area contributed by atoms with Gasteiger partial charge in [-0.2, -0.15) is 0 Å². The number of anilines is 1. The van der Waals surface area contributed by atoms with E-state index >= 15 is 0 Å². The molecule has 0 bridgehead atoms. The number of nitrogens with zero attached hydrogens (tertiary/aromatic N) is 2. The predicted octanol–water partition coefficient (Wildman–Crippen LogP) is 2.98. The summed E-state index contributed by atoms with van der Waals surface area (Å²) in [6.07, 6.45) is 5.09. The maximum absolute atomic E-state index is 6.28. The van der Waals surface area contributed by atoms with Gasteiger partial charge in [-0.25, -0.2) is 4.98 Å². The third kappa shape index (κ3) is 1.53. The van der Waals surface area contributed by atoms with E-state index < -0.39 is 0 Å². The summed E-state index contributed by atoms with van der Waals surface area (Å²) in [7, 11) is 0. The lowest BCUT2D eigenvalue weighted by Gasteiger charge is -2.20. The standard InChI is InChI=1S/C13H21N3/c1-13(2,3)12-15-10(8-4-5-8)11(14)16(12)9-6-7-9/h8-9H,4-7,14H2,1-3H3. The summed E-state index contributed by atoms with van der Waals surface area (Å²) in [5.41, 5.74) is 7.56. The molecule has 1 aromatic rings. The molecule has 0 amide bonds. The molecule has 1 heterocycles. The summed E-state index contributed by atoms with van der Waals surface area (Å²) >= 11 is 0. The molecular formula is C13H21N3.